The van der Waals surface area contributed by atoms with Crippen LogP contribution in [0, 0.1) is 24.5 Å². The van der Waals surface area contributed by atoms with Gasteiger partial charge in [0.05, 0.1) is 10.7 Å². The number of aryl methyl sites for hydroxylation is 1. The molecular formula is C20H28F2IN5S. The number of nitrogens with one attached hydrogen (secondary N) is 2. The Bertz CT molecular complexity index is 806. The van der Waals surface area contributed by atoms with Gasteiger partial charge >= 0.3 is 0 Å². The van der Waals surface area contributed by atoms with Crippen molar-refractivity contribution in [3.63, 3.8) is 0 Å². The third kappa shape index (κ3) is 7.45. The van der Waals surface area contributed by atoms with Gasteiger partial charge in [-0.15, -0.1) is 35.3 Å². The van der Waals surface area contributed by atoms with Gasteiger partial charge in [-0.2, -0.15) is 0 Å². The fraction of sp³-hybridized carbons (Fsp3) is 0.500. The van der Waals surface area contributed by atoms with Gasteiger partial charge in [0, 0.05) is 37.6 Å². The SMILES string of the molecule is CN=C(NCc1cc(F)ccc1F)NCC1CCN(Cc2csc(C)n2)CC1.I. The van der Waals surface area contributed by atoms with Gasteiger partial charge in [0.15, 0.2) is 5.96 Å². The van der Waals surface area contributed by atoms with Crippen LogP contribution >= 0.6 is 35.3 Å². The summed E-state index contributed by atoms with van der Waals surface area (Å²) in [6.07, 6.45) is 2.23. The van der Waals surface area contributed by atoms with Crippen molar-refractivity contribution >= 4 is 41.3 Å². The second-order valence-corrected chi connectivity index (χ2v) is 8.18. The summed E-state index contributed by atoms with van der Waals surface area (Å²) in [4.78, 5) is 11.2. The van der Waals surface area contributed by atoms with E-state index >= 15 is 0 Å². The summed E-state index contributed by atoms with van der Waals surface area (Å²) in [5.41, 5.74) is 1.45. The molecule has 2 heterocycles. The van der Waals surface area contributed by atoms with E-state index in [9.17, 15) is 8.78 Å². The van der Waals surface area contributed by atoms with Crippen LogP contribution in [0.2, 0.25) is 0 Å². The van der Waals surface area contributed by atoms with E-state index in [0.717, 1.165) is 61.9 Å². The lowest BCUT2D eigenvalue weighted by Gasteiger charge is -2.31. The average molecular weight is 535 g/mol. The Labute approximate surface area is 192 Å². The van der Waals surface area contributed by atoms with Crippen LogP contribution in [0.1, 0.15) is 29.1 Å². The molecule has 0 atom stereocenters. The van der Waals surface area contributed by atoms with Crippen LogP contribution < -0.4 is 10.6 Å². The Balaban J connectivity index is 0.00000300. The van der Waals surface area contributed by atoms with Crippen LogP contribution in [0.25, 0.3) is 0 Å². The monoisotopic (exact) mass is 535 g/mol. The van der Waals surface area contributed by atoms with Crippen molar-refractivity contribution in [3.8, 4) is 0 Å². The van der Waals surface area contributed by atoms with E-state index in [2.05, 4.69) is 30.9 Å². The zero-order valence-electron chi connectivity index (χ0n) is 16.8. The molecule has 1 aromatic heterocycles. The fourth-order valence-corrected chi connectivity index (χ4v) is 3.98. The van der Waals surface area contributed by atoms with E-state index in [1.165, 1.54) is 6.07 Å². The number of nitrogens with zero attached hydrogens (tertiary/aromatic N) is 3. The maximum Gasteiger partial charge on any atom is 0.191 e. The van der Waals surface area contributed by atoms with Crippen molar-refractivity contribution in [1.29, 1.82) is 0 Å². The highest BCUT2D eigenvalue weighted by Gasteiger charge is 2.20. The highest BCUT2D eigenvalue weighted by atomic mass is 127. The molecule has 1 saturated heterocycles. The number of thiazole rings is 1. The molecule has 0 aliphatic carbocycles. The van der Waals surface area contributed by atoms with Crippen LogP contribution in [0.3, 0.4) is 0 Å². The Morgan fingerprint density at radius 1 is 1.28 bits per heavy atom. The number of hydrogen-bond donors (Lipinski definition) is 2. The molecule has 0 amide bonds. The summed E-state index contributed by atoms with van der Waals surface area (Å²) < 4.78 is 27.0. The van der Waals surface area contributed by atoms with E-state index in [4.69, 9.17) is 0 Å². The van der Waals surface area contributed by atoms with Crippen molar-refractivity contribution < 1.29 is 8.78 Å². The highest BCUT2D eigenvalue weighted by Crippen LogP contribution is 2.19. The summed E-state index contributed by atoms with van der Waals surface area (Å²) in [6.45, 7) is 6.08. The van der Waals surface area contributed by atoms with Gasteiger partial charge in [0.2, 0.25) is 0 Å². The molecule has 5 nitrogen and oxygen atoms in total. The van der Waals surface area contributed by atoms with Gasteiger partial charge < -0.3 is 10.6 Å². The van der Waals surface area contributed by atoms with E-state index < -0.39 is 11.6 Å². The lowest BCUT2D eigenvalue weighted by molar-refractivity contribution is 0.176. The molecule has 1 fully saturated rings. The van der Waals surface area contributed by atoms with Crippen molar-refractivity contribution in [1.82, 2.24) is 20.5 Å². The van der Waals surface area contributed by atoms with Crippen molar-refractivity contribution in [3.05, 3.63) is 51.5 Å². The molecule has 1 aromatic carbocycles. The van der Waals surface area contributed by atoms with Gasteiger partial charge in [-0.05, 0) is 57.0 Å². The summed E-state index contributed by atoms with van der Waals surface area (Å²) in [5.74, 6) is 0.301. The maximum atomic E-state index is 13.7. The minimum absolute atomic E-state index is 0. The predicted octanol–water partition coefficient (Wildman–Crippen LogP) is 3.92. The van der Waals surface area contributed by atoms with E-state index in [1.807, 2.05) is 6.92 Å². The van der Waals surface area contributed by atoms with Gasteiger partial charge in [0.25, 0.3) is 0 Å². The number of rotatable bonds is 6. The standard InChI is InChI=1S/C20H27F2N5S.HI/c1-14-26-18(13-28-14)12-27-7-5-15(6-8-27)10-24-20(23-2)25-11-16-9-17(21)3-4-19(16)22;/h3-4,9,13,15H,5-8,10-12H2,1-2H3,(H2,23,24,25);1H. The number of aromatic nitrogens is 1. The first-order valence-corrected chi connectivity index (χ1v) is 10.4. The van der Waals surface area contributed by atoms with Crippen LogP contribution in [0.15, 0.2) is 28.6 Å². The quantitative estimate of drug-likeness (QED) is 0.335. The van der Waals surface area contributed by atoms with Crippen molar-refractivity contribution in [2.45, 2.75) is 32.9 Å². The third-order valence-electron chi connectivity index (χ3n) is 5.00. The van der Waals surface area contributed by atoms with Gasteiger partial charge in [-0.25, -0.2) is 13.8 Å². The Hall–Kier alpha value is -1.33. The number of benzene rings is 1. The molecule has 0 unspecified atom stereocenters. The largest absolute Gasteiger partial charge is 0.356 e. The molecule has 3 rings (SSSR count). The maximum absolute atomic E-state index is 13.7. The second kappa shape index (κ2) is 11.8. The fourth-order valence-electron chi connectivity index (χ4n) is 3.38. The lowest BCUT2D eigenvalue weighted by Crippen LogP contribution is -2.42. The summed E-state index contributed by atoms with van der Waals surface area (Å²) in [6, 6.07) is 3.46. The predicted molar refractivity (Wildman–Crippen MR) is 125 cm³/mol. The molecular weight excluding hydrogens is 507 g/mol. The second-order valence-electron chi connectivity index (χ2n) is 7.12. The number of aliphatic imine (C=N–C) groups is 1. The normalized spacial score (nSPS) is 15.8. The summed E-state index contributed by atoms with van der Waals surface area (Å²) >= 11 is 1.70. The van der Waals surface area contributed by atoms with Crippen LogP contribution in [0.5, 0.6) is 0 Å². The number of hydrogen-bond acceptors (Lipinski definition) is 4. The molecule has 2 aromatic rings. The number of likely N-dealkylation sites (tertiary alicyclic amines) is 1. The van der Waals surface area contributed by atoms with Crippen molar-refractivity contribution in [2.75, 3.05) is 26.7 Å². The molecule has 0 spiro atoms. The Morgan fingerprint density at radius 3 is 2.69 bits per heavy atom. The smallest absolute Gasteiger partial charge is 0.191 e. The minimum atomic E-state index is -0.444. The van der Waals surface area contributed by atoms with Crippen LogP contribution in [-0.2, 0) is 13.1 Å². The lowest BCUT2D eigenvalue weighted by atomic mass is 9.97. The molecule has 1 aliphatic heterocycles. The van der Waals surface area contributed by atoms with Gasteiger partial charge in [0.1, 0.15) is 11.6 Å². The van der Waals surface area contributed by atoms with Crippen LogP contribution in [0.4, 0.5) is 8.78 Å². The summed E-state index contributed by atoms with van der Waals surface area (Å²) in [7, 11) is 1.68. The molecule has 2 N–H and O–H groups in total. The topological polar surface area (TPSA) is 52.6 Å². The Morgan fingerprint density at radius 2 is 2.03 bits per heavy atom. The van der Waals surface area contributed by atoms with Crippen molar-refractivity contribution in [2.24, 2.45) is 10.9 Å². The molecule has 29 heavy (non-hydrogen) atoms. The zero-order valence-corrected chi connectivity index (χ0v) is 19.9. The van der Waals surface area contributed by atoms with Gasteiger partial charge in [-0.1, -0.05) is 0 Å². The molecule has 0 saturated carbocycles. The molecule has 0 bridgehead atoms. The van der Waals surface area contributed by atoms with Gasteiger partial charge in [-0.3, -0.25) is 9.89 Å². The summed E-state index contributed by atoms with van der Waals surface area (Å²) in [5, 5.41) is 9.61. The third-order valence-corrected chi connectivity index (χ3v) is 5.82. The van der Waals surface area contributed by atoms with E-state index in [1.54, 1.807) is 18.4 Å². The first kappa shape index (κ1) is 23.9. The first-order valence-electron chi connectivity index (χ1n) is 9.55. The van der Waals surface area contributed by atoms with E-state index in [0.29, 0.717) is 11.9 Å². The molecule has 0 radical (unpaired) electrons. The highest BCUT2D eigenvalue weighted by molar-refractivity contribution is 14.0. The molecule has 1 aliphatic rings. The number of halogens is 3. The Kier molecular flexibility index (Phi) is 9.70. The zero-order chi connectivity index (χ0) is 19.9. The first-order chi connectivity index (χ1) is 13.5. The minimum Gasteiger partial charge on any atom is -0.356 e. The number of piperidine rings is 1. The van der Waals surface area contributed by atoms with Crippen LogP contribution in [-0.4, -0.2) is 42.5 Å². The van der Waals surface area contributed by atoms with E-state index in [-0.39, 0.29) is 36.1 Å². The number of guanidine groups is 1. The molecule has 9 heteroatoms. The average Bonchev–Trinajstić information content (AvgIpc) is 3.10. The molecule has 160 valence electrons.